The Morgan fingerprint density at radius 2 is 2.04 bits per heavy atom. The van der Waals surface area contributed by atoms with Crippen molar-refractivity contribution in [3.8, 4) is 5.75 Å². The van der Waals surface area contributed by atoms with Gasteiger partial charge in [-0.3, -0.25) is 9.59 Å². The van der Waals surface area contributed by atoms with E-state index < -0.39 is 23.4 Å². The molecule has 1 aromatic rings. The van der Waals surface area contributed by atoms with E-state index in [1.165, 1.54) is 7.11 Å². The Morgan fingerprint density at radius 1 is 1.27 bits per heavy atom. The summed E-state index contributed by atoms with van der Waals surface area (Å²) in [5, 5.41) is 21.6. The molecular weight excluding hydrogens is 336 g/mol. The summed E-state index contributed by atoms with van der Waals surface area (Å²) in [5.74, 6) is -0.414. The van der Waals surface area contributed by atoms with E-state index in [9.17, 15) is 19.8 Å². The summed E-state index contributed by atoms with van der Waals surface area (Å²) in [5.41, 5.74) is -1.59. The van der Waals surface area contributed by atoms with E-state index >= 15 is 0 Å². The van der Waals surface area contributed by atoms with Gasteiger partial charge in [-0.15, -0.1) is 0 Å². The second-order valence-electron chi connectivity index (χ2n) is 7.44. The zero-order valence-corrected chi connectivity index (χ0v) is 14.4. The van der Waals surface area contributed by atoms with Crippen molar-refractivity contribution in [2.75, 3.05) is 7.11 Å². The number of epoxide rings is 1. The smallest absolute Gasteiger partial charge is 0.203 e. The van der Waals surface area contributed by atoms with E-state index in [0.717, 1.165) is 0 Å². The van der Waals surface area contributed by atoms with Crippen LogP contribution in [-0.4, -0.2) is 46.2 Å². The number of carbonyl (C=O) groups excluding carboxylic acids is 2. The first-order chi connectivity index (χ1) is 12.4. The van der Waals surface area contributed by atoms with Crippen molar-refractivity contribution in [3.05, 3.63) is 52.6 Å². The zero-order valence-electron chi connectivity index (χ0n) is 14.4. The summed E-state index contributed by atoms with van der Waals surface area (Å²) in [6, 6.07) is 4.95. The number of aliphatic hydroxyl groups is 2. The molecule has 3 aliphatic carbocycles. The van der Waals surface area contributed by atoms with Crippen molar-refractivity contribution >= 4 is 11.6 Å². The van der Waals surface area contributed by atoms with Gasteiger partial charge in [0.2, 0.25) is 5.78 Å². The molecule has 0 saturated carbocycles. The van der Waals surface area contributed by atoms with Crippen molar-refractivity contribution in [3.63, 3.8) is 0 Å². The van der Waals surface area contributed by atoms with E-state index in [1.54, 1.807) is 37.3 Å². The van der Waals surface area contributed by atoms with Crippen LogP contribution in [0, 0.1) is 5.92 Å². The van der Waals surface area contributed by atoms with E-state index in [4.69, 9.17) is 9.47 Å². The molecule has 0 radical (unpaired) electrons. The lowest BCUT2D eigenvalue weighted by Gasteiger charge is -2.37. The predicted octanol–water partition coefficient (Wildman–Crippen LogP) is 1.27. The number of ether oxygens (including phenoxy) is 2. The van der Waals surface area contributed by atoms with Crippen molar-refractivity contribution in [2.45, 2.75) is 36.8 Å². The highest BCUT2D eigenvalue weighted by Gasteiger charge is 2.83. The molecule has 134 valence electrons. The molecule has 0 amide bonds. The quantitative estimate of drug-likeness (QED) is 0.738. The predicted molar refractivity (Wildman–Crippen MR) is 89.8 cm³/mol. The molecule has 4 aliphatic rings. The third-order valence-electron chi connectivity index (χ3n) is 6.16. The average molecular weight is 354 g/mol. The fourth-order valence-corrected chi connectivity index (χ4v) is 4.83. The summed E-state index contributed by atoms with van der Waals surface area (Å²) in [6.07, 6.45) is 1.38. The number of Topliss-reactive ketones (excluding diaryl/α,β-unsaturated/α-hetero) is 2. The molecule has 1 saturated heterocycles. The minimum atomic E-state index is -1.55. The minimum Gasteiger partial charge on any atom is -0.496 e. The van der Waals surface area contributed by atoms with Crippen molar-refractivity contribution in [1.29, 1.82) is 0 Å². The van der Waals surface area contributed by atoms with Crippen LogP contribution >= 0.6 is 0 Å². The van der Waals surface area contributed by atoms with Crippen molar-refractivity contribution < 1.29 is 29.3 Å². The molecule has 6 heteroatoms. The van der Waals surface area contributed by atoms with Gasteiger partial charge in [0.1, 0.15) is 11.9 Å². The summed E-state index contributed by atoms with van der Waals surface area (Å²) in [7, 11) is 1.47. The number of benzene rings is 1. The van der Waals surface area contributed by atoms with Gasteiger partial charge in [-0.1, -0.05) is 25.1 Å². The van der Waals surface area contributed by atoms with Crippen LogP contribution in [0.4, 0.5) is 0 Å². The maximum Gasteiger partial charge on any atom is 0.203 e. The Balaban J connectivity index is 1.78. The fraction of sp³-hybridized carbons (Fsp3) is 0.400. The lowest BCUT2D eigenvalue weighted by Crippen LogP contribution is -2.50. The van der Waals surface area contributed by atoms with Crippen LogP contribution in [0.5, 0.6) is 5.75 Å². The Labute approximate surface area is 149 Å². The van der Waals surface area contributed by atoms with Crippen LogP contribution in [0.3, 0.4) is 0 Å². The summed E-state index contributed by atoms with van der Waals surface area (Å²) >= 11 is 0. The first kappa shape index (κ1) is 15.9. The average Bonchev–Trinajstić information content (AvgIpc) is 3.35. The van der Waals surface area contributed by atoms with Gasteiger partial charge in [0.15, 0.2) is 17.0 Å². The van der Waals surface area contributed by atoms with Gasteiger partial charge in [-0.05, 0) is 23.6 Å². The van der Waals surface area contributed by atoms with E-state index in [1.807, 2.05) is 0 Å². The second-order valence-corrected chi connectivity index (χ2v) is 7.44. The molecule has 1 fully saturated rings. The van der Waals surface area contributed by atoms with Crippen LogP contribution in [0.15, 0.2) is 41.5 Å². The Hall–Kier alpha value is -2.28. The third-order valence-corrected chi connectivity index (χ3v) is 6.16. The molecule has 5 unspecified atom stereocenters. The number of ketones is 2. The topological polar surface area (TPSA) is 96.4 Å². The lowest BCUT2D eigenvalue weighted by molar-refractivity contribution is -0.118. The lowest BCUT2D eigenvalue weighted by atomic mass is 9.62. The molecule has 5 rings (SSSR count). The third kappa shape index (κ3) is 1.50. The van der Waals surface area contributed by atoms with Gasteiger partial charge < -0.3 is 19.7 Å². The van der Waals surface area contributed by atoms with Crippen LogP contribution in [-0.2, 0) is 9.53 Å². The Bertz CT molecular complexity index is 944. The number of hydrogen-bond donors (Lipinski definition) is 2. The maximum atomic E-state index is 13.4. The first-order valence-electron chi connectivity index (χ1n) is 8.64. The first-order valence-corrected chi connectivity index (χ1v) is 8.64. The van der Waals surface area contributed by atoms with E-state index in [0.29, 0.717) is 16.9 Å². The normalized spacial score (nSPS) is 39.8. The Kier molecular flexibility index (Phi) is 2.88. The molecule has 0 spiro atoms. The molecule has 1 aliphatic heterocycles. The monoisotopic (exact) mass is 354 g/mol. The highest BCUT2D eigenvalue weighted by Crippen LogP contribution is 2.68. The van der Waals surface area contributed by atoms with Crippen LogP contribution in [0.2, 0.25) is 0 Å². The van der Waals surface area contributed by atoms with Gasteiger partial charge in [0.05, 0.1) is 13.2 Å². The number of carbonyl (C=O) groups is 2. The molecule has 5 atom stereocenters. The molecule has 2 N–H and O–H groups in total. The van der Waals surface area contributed by atoms with Crippen LogP contribution in [0.1, 0.15) is 35.4 Å². The molecule has 0 bridgehead atoms. The zero-order chi connectivity index (χ0) is 18.4. The molecule has 6 nitrogen and oxygen atoms in total. The second kappa shape index (κ2) is 4.71. The SMILES string of the molecule is COc1cccc2c1C(O)C13C=CC4=C(C(=O)CC(C)C4O)C1(O3)C2=O. The number of hydrogen-bond acceptors (Lipinski definition) is 6. The number of fused-ring (bicyclic) bond motifs is 1. The minimum absolute atomic E-state index is 0.142. The van der Waals surface area contributed by atoms with Crippen LogP contribution < -0.4 is 4.74 Å². The summed E-state index contributed by atoms with van der Waals surface area (Å²) < 4.78 is 11.2. The van der Waals surface area contributed by atoms with Gasteiger partial charge in [0, 0.05) is 23.1 Å². The standard InChI is InChI=1S/C20H18O6/c1-9-8-12(21)15-11(16(9)22)6-7-19-18(24)14-10(4-3-5-13(14)25-2)17(23)20(15,19)26-19/h3-7,9,16,18,22,24H,8H2,1-2H3. The number of rotatable bonds is 1. The Morgan fingerprint density at radius 3 is 2.77 bits per heavy atom. The van der Waals surface area contributed by atoms with E-state index in [-0.39, 0.29) is 35.0 Å². The van der Waals surface area contributed by atoms with Crippen molar-refractivity contribution in [1.82, 2.24) is 0 Å². The molecular formula is C20H18O6. The fourth-order valence-electron chi connectivity index (χ4n) is 4.83. The molecule has 26 heavy (non-hydrogen) atoms. The van der Waals surface area contributed by atoms with E-state index in [2.05, 4.69) is 0 Å². The highest BCUT2D eigenvalue weighted by atomic mass is 16.6. The molecule has 1 heterocycles. The van der Waals surface area contributed by atoms with Gasteiger partial charge in [0.25, 0.3) is 0 Å². The van der Waals surface area contributed by atoms with Gasteiger partial charge in [-0.2, -0.15) is 0 Å². The maximum absolute atomic E-state index is 13.4. The molecule has 0 aromatic heterocycles. The summed E-state index contributed by atoms with van der Waals surface area (Å²) in [6.45, 7) is 1.80. The number of aliphatic hydroxyl groups excluding tert-OH is 2. The van der Waals surface area contributed by atoms with Gasteiger partial charge >= 0.3 is 0 Å². The van der Waals surface area contributed by atoms with Gasteiger partial charge in [-0.25, -0.2) is 0 Å². The van der Waals surface area contributed by atoms with Crippen molar-refractivity contribution in [2.24, 2.45) is 5.92 Å². The largest absolute Gasteiger partial charge is 0.496 e. The highest BCUT2D eigenvalue weighted by molar-refractivity contribution is 6.19. The van der Waals surface area contributed by atoms with Crippen LogP contribution in [0.25, 0.3) is 0 Å². The number of methoxy groups -OCH3 is 1. The molecule has 1 aromatic carbocycles. The summed E-state index contributed by atoms with van der Waals surface area (Å²) in [4.78, 5) is 26.2.